The second-order valence-corrected chi connectivity index (χ2v) is 5.24. The maximum Gasteiger partial charge on any atom is 0.573 e. The van der Waals surface area contributed by atoms with E-state index in [1.54, 1.807) is 24.3 Å². The van der Waals surface area contributed by atoms with Gasteiger partial charge in [-0.2, -0.15) is 0 Å². The molecule has 1 aliphatic heterocycles. The normalized spacial score (nSPS) is 15.0. The van der Waals surface area contributed by atoms with Crippen molar-refractivity contribution in [2.75, 3.05) is 11.9 Å². The number of hydrogen-bond donors (Lipinski definition) is 1. The number of halogens is 3. The van der Waals surface area contributed by atoms with Crippen molar-refractivity contribution in [2.45, 2.75) is 13.3 Å². The van der Waals surface area contributed by atoms with Crippen LogP contribution in [-0.4, -0.2) is 18.9 Å². The first-order chi connectivity index (χ1) is 11.9. The van der Waals surface area contributed by atoms with Crippen LogP contribution in [0.15, 0.2) is 42.5 Å². The molecule has 1 heterocycles. The van der Waals surface area contributed by atoms with Crippen molar-refractivity contribution in [2.24, 2.45) is 0 Å². The van der Waals surface area contributed by atoms with Crippen molar-refractivity contribution >= 4 is 23.2 Å². The van der Waals surface area contributed by atoms with E-state index in [9.17, 15) is 18.0 Å². The highest BCUT2D eigenvalue weighted by Gasteiger charge is 2.32. The van der Waals surface area contributed by atoms with Crippen LogP contribution in [0.5, 0.6) is 11.5 Å². The van der Waals surface area contributed by atoms with E-state index in [1.807, 2.05) is 6.92 Å². The van der Waals surface area contributed by atoms with E-state index in [4.69, 9.17) is 4.74 Å². The van der Waals surface area contributed by atoms with Crippen LogP contribution in [0.1, 0.15) is 18.1 Å². The first kappa shape index (κ1) is 16.9. The molecule has 4 nitrogen and oxygen atoms in total. The highest BCUT2D eigenvalue weighted by Crippen LogP contribution is 2.37. The van der Waals surface area contributed by atoms with Gasteiger partial charge in [0.15, 0.2) is 0 Å². The number of rotatable bonds is 4. The monoisotopic (exact) mass is 349 g/mol. The van der Waals surface area contributed by atoms with Crippen molar-refractivity contribution in [1.82, 2.24) is 0 Å². The molecule has 0 aromatic heterocycles. The van der Waals surface area contributed by atoms with Crippen LogP contribution in [0.25, 0.3) is 11.6 Å². The first-order valence-corrected chi connectivity index (χ1v) is 7.52. The molecule has 2 aromatic rings. The summed E-state index contributed by atoms with van der Waals surface area (Å²) >= 11 is 0. The summed E-state index contributed by atoms with van der Waals surface area (Å²) in [6, 6.07) is 10.7. The number of hydrogen-bond acceptors (Lipinski definition) is 3. The van der Waals surface area contributed by atoms with Gasteiger partial charge in [0.25, 0.3) is 5.91 Å². The van der Waals surface area contributed by atoms with Gasteiger partial charge in [-0.25, -0.2) is 0 Å². The van der Waals surface area contributed by atoms with E-state index >= 15 is 0 Å². The smallest absolute Gasteiger partial charge is 0.494 e. The van der Waals surface area contributed by atoms with Crippen LogP contribution in [-0.2, 0) is 4.79 Å². The number of carbonyl (C=O) groups excluding carboxylic acids is 1. The largest absolute Gasteiger partial charge is 0.573 e. The van der Waals surface area contributed by atoms with Gasteiger partial charge in [-0.1, -0.05) is 18.2 Å². The zero-order valence-electron chi connectivity index (χ0n) is 13.2. The Bertz CT molecular complexity index is 844. The molecule has 0 saturated heterocycles. The van der Waals surface area contributed by atoms with Gasteiger partial charge >= 0.3 is 6.36 Å². The van der Waals surface area contributed by atoms with E-state index in [-0.39, 0.29) is 16.9 Å². The first-order valence-electron chi connectivity index (χ1n) is 7.52. The highest BCUT2D eigenvalue weighted by atomic mass is 19.4. The highest BCUT2D eigenvalue weighted by molar-refractivity contribution is 6.35. The summed E-state index contributed by atoms with van der Waals surface area (Å²) in [5, 5.41) is 2.68. The Hall–Kier alpha value is -2.96. The molecule has 25 heavy (non-hydrogen) atoms. The number of benzene rings is 2. The minimum atomic E-state index is -4.81. The average Bonchev–Trinajstić information content (AvgIpc) is 2.83. The van der Waals surface area contributed by atoms with Gasteiger partial charge in [-0.3, -0.25) is 4.79 Å². The summed E-state index contributed by atoms with van der Waals surface area (Å²) in [5.41, 5.74) is 1.56. The Kier molecular flexibility index (Phi) is 4.39. The summed E-state index contributed by atoms with van der Waals surface area (Å²) < 4.78 is 47.0. The molecule has 0 spiro atoms. The third-order valence-corrected chi connectivity index (χ3v) is 3.53. The molecule has 2 aromatic carbocycles. The number of para-hydroxylation sites is 1. The van der Waals surface area contributed by atoms with Crippen molar-refractivity contribution in [3.05, 3.63) is 53.6 Å². The van der Waals surface area contributed by atoms with Gasteiger partial charge in [0.1, 0.15) is 11.5 Å². The molecule has 7 heteroatoms. The number of fused-ring (bicyclic) bond motifs is 1. The maximum atomic E-state index is 12.5. The molecule has 0 atom stereocenters. The summed E-state index contributed by atoms with van der Waals surface area (Å²) in [4.78, 5) is 12.2. The van der Waals surface area contributed by atoms with Crippen molar-refractivity contribution < 1.29 is 27.4 Å². The second kappa shape index (κ2) is 6.51. The van der Waals surface area contributed by atoms with Gasteiger partial charge in [0, 0.05) is 22.8 Å². The van der Waals surface area contributed by atoms with Crippen molar-refractivity contribution in [3.63, 3.8) is 0 Å². The summed E-state index contributed by atoms with van der Waals surface area (Å²) in [6.07, 6.45) is -3.43. The average molecular weight is 349 g/mol. The van der Waals surface area contributed by atoms with Crippen LogP contribution >= 0.6 is 0 Å². The second-order valence-electron chi connectivity index (χ2n) is 5.24. The topological polar surface area (TPSA) is 47.6 Å². The number of ether oxygens (including phenoxy) is 2. The van der Waals surface area contributed by atoms with Gasteiger partial charge in [-0.15, -0.1) is 13.2 Å². The molecule has 0 bridgehead atoms. The molecule has 0 fully saturated rings. The molecular weight excluding hydrogens is 335 g/mol. The Morgan fingerprint density at radius 3 is 2.64 bits per heavy atom. The lowest BCUT2D eigenvalue weighted by atomic mass is 10.0. The molecule has 130 valence electrons. The fourth-order valence-electron chi connectivity index (χ4n) is 2.55. The fraction of sp³-hybridized carbons (Fsp3) is 0.167. The number of carbonyl (C=O) groups is 1. The lowest BCUT2D eigenvalue weighted by molar-refractivity contribution is -0.274. The molecule has 0 radical (unpaired) electrons. The van der Waals surface area contributed by atoms with Crippen LogP contribution < -0.4 is 14.8 Å². The van der Waals surface area contributed by atoms with E-state index in [1.165, 1.54) is 24.3 Å². The van der Waals surface area contributed by atoms with Crippen LogP contribution in [0.3, 0.4) is 0 Å². The minimum Gasteiger partial charge on any atom is -0.494 e. The van der Waals surface area contributed by atoms with Crippen molar-refractivity contribution in [1.29, 1.82) is 0 Å². The zero-order chi connectivity index (χ0) is 18.0. The van der Waals surface area contributed by atoms with Crippen LogP contribution in [0.2, 0.25) is 0 Å². The Balaban J connectivity index is 2.00. The molecule has 1 amide bonds. The molecule has 3 rings (SSSR count). The standard InChI is InChI=1S/C18H14F3NO3/c1-2-24-12-7-8-13-14(17(23)22-15(13)10-12)9-11-5-3-4-6-16(11)25-18(19,20)21/h3-10H,2H2,1H3,(H,22,23). The van der Waals surface area contributed by atoms with Gasteiger partial charge < -0.3 is 14.8 Å². The fourth-order valence-corrected chi connectivity index (χ4v) is 2.55. The Morgan fingerprint density at radius 1 is 1.16 bits per heavy atom. The number of anilines is 1. The molecule has 0 aliphatic carbocycles. The van der Waals surface area contributed by atoms with Gasteiger partial charge in [0.2, 0.25) is 0 Å². The van der Waals surface area contributed by atoms with Gasteiger partial charge in [0.05, 0.1) is 12.3 Å². The maximum absolute atomic E-state index is 12.5. The lowest BCUT2D eigenvalue weighted by Gasteiger charge is -2.11. The summed E-state index contributed by atoms with van der Waals surface area (Å²) in [6.45, 7) is 2.33. The predicted octanol–water partition coefficient (Wildman–Crippen LogP) is 4.48. The van der Waals surface area contributed by atoms with E-state index in [0.717, 1.165) is 0 Å². The molecule has 0 unspecified atom stereocenters. The lowest BCUT2D eigenvalue weighted by Crippen LogP contribution is -2.17. The van der Waals surface area contributed by atoms with Gasteiger partial charge in [-0.05, 0) is 31.2 Å². The minimum absolute atomic E-state index is 0.159. The zero-order valence-corrected chi connectivity index (χ0v) is 13.2. The summed E-state index contributed by atoms with van der Waals surface area (Å²) in [7, 11) is 0. The van der Waals surface area contributed by atoms with E-state index < -0.39 is 12.3 Å². The predicted molar refractivity (Wildman–Crippen MR) is 87.2 cm³/mol. The molecular formula is C18H14F3NO3. The summed E-state index contributed by atoms with van der Waals surface area (Å²) in [5.74, 6) is -0.163. The van der Waals surface area contributed by atoms with E-state index in [0.29, 0.717) is 23.6 Å². The van der Waals surface area contributed by atoms with Crippen LogP contribution in [0.4, 0.5) is 18.9 Å². The molecule has 1 N–H and O–H groups in total. The third-order valence-electron chi connectivity index (χ3n) is 3.53. The van der Waals surface area contributed by atoms with E-state index in [2.05, 4.69) is 10.1 Å². The van der Waals surface area contributed by atoms with Crippen LogP contribution in [0, 0.1) is 0 Å². The SMILES string of the molecule is CCOc1ccc2c(c1)NC(=O)C2=Cc1ccccc1OC(F)(F)F. The Labute approximate surface area is 141 Å². The Morgan fingerprint density at radius 2 is 1.92 bits per heavy atom. The molecule has 0 saturated carbocycles. The quantitative estimate of drug-likeness (QED) is 0.828. The van der Waals surface area contributed by atoms with Crippen molar-refractivity contribution in [3.8, 4) is 11.5 Å². The number of amides is 1. The number of nitrogens with one attached hydrogen (secondary N) is 1. The molecule has 1 aliphatic rings. The number of alkyl halides is 3. The third kappa shape index (κ3) is 3.76.